The van der Waals surface area contributed by atoms with E-state index in [1.54, 1.807) is 7.05 Å². The molecule has 0 amide bonds. The molecular weight excluding hydrogens is 272 g/mol. The lowest BCUT2D eigenvalue weighted by Crippen LogP contribution is -2.08. The molecule has 2 rings (SSSR count). The molecule has 20 heavy (non-hydrogen) atoms. The molecular formula is C11H11F2N5O2. The van der Waals surface area contributed by atoms with Crippen molar-refractivity contribution >= 4 is 11.8 Å². The van der Waals surface area contributed by atoms with Crippen molar-refractivity contribution < 1.29 is 18.7 Å². The molecule has 0 unspecified atom stereocenters. The fourth-order valence-electron chi connectivity index (χ4n) is 1.51. The first-order valence-electron chi connectivity index (χ1n) is 5.57. The van der Waals surface area contributed by atoms with Gasteiger partial charge in [-0.2, -0.15) is 5.10 Å². The van der Waals surface area contributed by atoms with Crippen molar-refractivity contribution in [2.45, 2.75) is 13.0 Å². The SMILES string of the molecule is Cn1nc(C(F)F)cc1CNc1cnc(C(=O)O)cn1. The van der Waals surface area contributed by atoms with E-state index in [1.807, 2.05) is 0 Å². The molecule has 0 fully saturated rings. The minimum atomic E-state index is -2.62. The summed E-state index contributed by atoms with van der Waals surface area (Å²) >= 11 is 0. The van der Waals surface area contributed by atoms with Gasteiger partial charge in [0.05, 0.1) is 24.6 Å². The molecule has 0 aliphatic rings. The Bertz CT molecular complexity index is 612. The first-order chi connectivity index (χ1) is 9.47. The van der Waals surface area contributed by atoms with Gasteiger partial charge in [-0.15, -0.1) is 0 Å². The highest BCUT2D eigenvalue weighted by Gasteiger charge is 2.13. The van der Waals surface area contributed by atoms with Gasteiger partial charge in [-0.25, -0.2) is 23.5 Å². The highest BCUT2D eigenvalue weighted by molar-refractivity contribution is 5.84. The Morgan fingerprint density at radius 1 is 1.45 bits per heavy atom. The highest BCUT2D eigenvalue weighted by atomic mass is 19.3. The monoisotopic (exact) mass is 283 g/mol. The average Bonchev–Trinajstić information content (AvgIpc) is 2.78. The first-order valence-corrected chi connectivity index (χ1v) is 5.57. The summed E-state index contributed by atoms with van der Waals surface area (Å²) in [6, 6.07) is 1.29. The Labute approximate surface area is 112 Å². The van der Waals surface area contributed by atoms with Gasteiger partial charge in [0.2, 0.25) is 0 Å². The molecule has 2 heterocycles. The summed E-state index contributed by atoms with van der Waals surface area (Å²) in [6.45, 7) is 0.220. The molecule has 2 aromatic rings. The molecule has 0 radical (unpaired) electrons. The van der Waals surface area contributed by atoms with Crippen molar-refractivity contribution in [3.05, 3.63) is 35.5 Å². The zero-order chi connectivity index (χ0) is 14.7. The van der Waals surface area contributed by atoms with Crippen molar-refractivity contribution in [2.75, 3.05) is 5.32 Å². The van der Waals surface area contributed by atoms with Crippen molar-refractivity contribution in [3.63, 3.8) is 0 Å². The van der Waals surface area contributed by atoms with Crippen LogP contribution in [-0.2, 0) is 13.6 Å². The van der Waals surface area contributed by atoms with Crippen LogP contribution in [0.15, 0.2) is 18.5 Å². The number of carboxylic acids is 1. The van der Waals surface area contributed by atoms with Gasteiger partial charge < -0.3 is 10.4 Å². The number of nitrogens with zero attached hydrogens (tertiary/aromatic N) is 4. The topological polar surface area (TPSA) is 92.9 Å². The zero-order valence-corrected chi connectivity index (χ0v) is 10.4. The molecule has 0 saturated carbocycles. The number of aromatic carboxylic acids is 1. The lowest BCUT2D eigenvalue weighted by Gasteiger charge is -2.05. The second kappa shape index (κ2) is 5.59. The number of aromatic nitrogens is 4. The number of rotatable bonds is 5. The van der Waals surface area contributed by atoms with Crippen LogP contribution in [0, 0.1) is 0 Å². The maximum Gasteiger partial charge on any atom is 0.356 e. The third-order valence-corrected chi connectivity index (χ3v) is 2.54. The second-order valence-corrected chi connectivity index (χ2v) is 3.93. The van der Waals surface area contributed by atoms with Crippen molar-refractivity contribution in [3.8, 4) is 0 Å². The molecule has 0 aliphatic carbocycles. The van der Waals surface area contributed by atoms with Crippen LogP contribution in [0.1, 0.15) is 28.3 Å². The Morgan fingerprint density at radius 3 is 2.70 bits per heavy atom. The normalized spacial score (nSPS) is 10.8. The van der Waals surface area contributed by atoms with Gasteiger partial charge in [0.15, 0.2) is 5.69 Å². The lowest BCUT2D eigenvalue weighted by atomic mass is 10.3. The summed E-state index contributed by atoms with van der Waals surface area (Å²) in [5.74, 6) is -0.827. The van der Waals surface area contributed by atoms with E-state index in [9.17, 15) is 13.6 Å². The maximum absolute atomic E-state index is 12.5. The second-order valence-electron chi connectivity index (χ2n) is 3.93. The number of halogens is 2. The average molecular weight is 283 g/mol. The molecule has 0 aromatic carbocycles. The van der Waals surface area contributed by atoms with Crippen LogP contribution in [0.5, 0.6) is 0 Å². The zero-order valence-electron chi connectivity index (χ0n) is 10.4. The van der Waals surface area contributed by atoms with E-state index in [0.717, 1.165) is 6.20 Å². The van der Waals surface area contributed by atoms with Gasteiger partial charge in [-0.1, -0.05) is 0 Å². The standard InChI is InChI=1S/C11H11F2N5O2/c1-18-6(2-7(17-18)10(12)13)3-15-9-5-14-8(4-16-9)11(19)20/h2,4-5,10H,3H2,1H3,(H,15,16)(H,19,20). The van der Waals surface area contributed by atoms with Crippen molar-refractivity contribution in [1.29, 1.82) is 0 Å². The number of carbonyl (C=O) groups is 1. The number of alkyl halides is 2. The largest absolute Gasteiger partial charge is 0.476 e. The number of carboxylic acid groups (broad SMARTS) is 1. The molecule has 2 aromatic heterocycles. The summed E-state index contributed by atoms with van der Waals surface area (Å²) in [6.07, 6.45) is -0.253. The highest BCUT2D eigenvalue weighted by Crippen LogP contribution is 2.18. The van der Waals surface area contributed by atoms with Gasteiger partial charge in [-0.3, -0.25) is 4.68 Å². The summed E-state index contributed by atoms with van der Waals surface area (Å²) in [5, 5.41) is 15.2. The molecule has 0 atom stereocenters. The molecule has 0 aliphatic heterocycles. The summed E-state index contributed by atoms with van der Waals surface area (Å²) in [4.78, 5) is 18.1. The summed E-state index contributed by atoms with van der Waals surface area (Å²) in [7, 11) is 1.56. The molecule has 9 heteroatoms. The number of hydrogen-bond acceptors (Lipinski definition) is 5. The van der Waals surface area contributed by atoms with Crippen LogP contribution in [0.3, 0.4) is 0 Å². The third-order valence-electron chi connectivity index (χ3n) is 2.54. The smallest absolute Gasteiger partial charge is 0.356 e. The molecule has 2 N–H and O–H groups in total. The van der Waals surface area contributed by atoms with Crippen LogP contribution in [0.2, 0.25) is 0 Å². The van der Waals surface area contributed by atoms with Crippen LogP contribution in [0.25, 0.3) is 0 Å². The van der Waals surface area contributed by atoms with Gasteiger partial charge in [-0.05, 0) is 6.07 Å². The Hall–Kier alpha value is -2.58. The molecule has 0 saturated heterocycles. The molecule has 106 valence electrons. The van der Waals surface area contributed by atoms with E-state index in [1.165, 1.54) is 16.9 Å². The fraction of sp³-hybridized carbons (Fsp3) is 0.273. The van der Waals surface area contributed by atoms with E-state index in [-0.39, 0.29) is 17.9 Å². The van der Waals surface area contributed by atoms with E-state index in [2.05, 4.69) is 20.4 Å². The fourth-order valence-corrected chi connectivity index (χ4v) is 1.51. The van der Waals surface area contributed by atoms with E-state index in [4.69, 9.17) is 5.11 Å². The minimum Gasteiger partial charge on any atom is -0.476 e. The predicted octanol–water partition coefficient (Wildman–Crippen LogP) is 1.46. The Kier molecular flexibility index (Phi) is 3.87. The number of hydrogen-bond donors (Lipinski definition) is 2. The van der Waals surface area contributed by atoms with Gasteiger partial charge in [0.1, 0.15) is 11.5 Å². The van der Waals surface area contributed by atoms with Crippen molar-refractivity contribution in [1.82, 2.24) is 19.7 Å². The van der Waals surface area contributed by atoms with E-state index in [0.29, 0.717) is 11.5 Å². The quantitative estimate of drug-likeness (QED) is 0.863. The number of aryl methyl sites for hydroxylation is 1. The van der Waals surface area contributed by atoms with Gasteiger partial charge in [0.25, 0.3) is 6.43 Å². The van der Waals surface area contributed by atoms with E-state index < -0.39 is 12.4 Å². The van der Waals surface area contributed by atoms with Crippen LogP contribution >= 0.6 is 0 Å². The molecule has 7 nitrogen and oxygen atoms in total. The Morgan fingerprint density at radius 2 is 2.20 bits per heavy atom. The van der Waals surface area contributed by atoms with Gasteiger partial charge in [0, 0.05) is 7.05 Å². The molecule has 0 spiro atoms. The number of anilines is 1. The number of nitrogens with one attached hydrogen (secondary N) is 1. The summed E-state index contributed by atoms with van der Waals surface area (Å²) in [5.41, 5.74) is 0.0806. The third kappa shape index (κ3) is 3.05. The lowest BCUT2D eigenvalue weighted by molar-refractivity contribution is 0.0690. The minimum absolute atomic E-state index is 0.170. The van der Waals surface area contributed by atoms with Crippen LogP contribution in [0.4, 0.5) is 14.6 Å². The Balaban J connectivity index is 2.03. The molecule has 0 bridgehead atoms. The first kappa shape index (κ1) is 13.8. The van der Waals surface area contributed by atoms with E-state index >= 15 is 0 Å². The van der Waals surface area contributed by atoms with Crippen LogP contribution in [-0.4, -0.2) is 30.8 Å². The maximum atomic E-state index is 12.5. The predicted molar refractivity (Wildman–Crippen MR) is 64.5 cm³/mol. The van der Waals surface area contributed by atoms with Crippen LogP contribution < -0.4 is 5.32 Å². The van der Waals surface area contributed by atoms with Crippen molar-refractivity contribution in [2.24, 2.45) is 7.05 Å². The summed E-state index contributed by atoms with van der Waals surface area (Å²) < 4.78 is 26.3. The van der Waals surface area contributed by atoms with Gasteiger partial charge >= 0.3 is 5.97 Å².